The van der Waals surface area contributed by atoms with E-state index in [9.17, 15) is 0 Å². The summed E-state index contributed by atoms with van der Waals surface area (Å²) in [6.45, 7) is 0. The van der Waals surface area contributed by atoms with E-state index in [1.807, 2.05) is 0 Å². The van der Waals surface area contributed by atoms with Gasteiger partial charge in [-0.05, 0) is 0 Å². The average molecular weight is 237 g/mol. The van der Waals surface area contributed by atoms with Gasteiger partial charge in [-0.3, -0.25) is 0 Å². The molecule has 0 rings (SSSR count). The fraction of sp³-hybridized carbons (Fsp3) is 0. The van der Waals surface area contributed by atoms with Crippen molar-refractivity contribution in [2.24, 2.45) is 0 Å². The van der Waals surface area contributed by atoms with Crippen LogP contribution < -0.4 is 0 Å². The number of hydrogen-bond acceptors (Lipinski definition) is 3. The number of rotatable bonds is 0. The summed E-state index contributed by atoms with van der Waals surface area (Å²) in [5, 5.41) is 0. The molecule has 0 aliphatic heterocycles. The van der Waals surface area contributed by atoms with E-state index in [1.54, 1.807) is 0 Å². The summed E-state index contributed by atoms with van der Waals surface area (Å²) >= 11 is -1.81. The van der Waals surface area contributed by atoms with Crippen LogP contribution in [-0.2, 0) is 45.2 Å². The number of phosphoric acid groups is 1. The van der Waals surface area contributed by atoms with Crippen LogP contribution in [0.3, 0.4) is 0 Å². The van der Waals surface area contributed by atoms with Crippen LogP contribution in [0.15, 0.2) is 0 Å². The van der Waals surface area contributed by atoms with Crippen molar-refractivity contribution in [1.29, 1.82) is 0 Å². The first-order valence-corrected chi connectivity index (χ1v) is 3.85. The second-order valence-corrected chi connectivity index (χ2v) is 1.85. The molecule has 6 nitrogen and oxygen atoms in total. The van der Waals surface area contributed by atoms with Crippen molar-refractivity contribution in [1.82, 2.24) is 0 Å². The zero-order valence-corrected chi connectivity index (χ0v) is 7.21. The third-order valence-electron chi connectivity index (χ3n) is 0. The van der Waals surface area contributed by atoms with Gasteiger partial charge in [-0.1, -0.05) is 0 Å². The van der Waals surface area contributed by atoms with E-state index in [-0.39, 0.29) is 17.1 Å². The van der Waals surface area contributed by atoms with Crippen molar-refractivity contribution >= 4 is 7.82 Å². The summed E-state index contributed by atoms with van der Waals surface area (Å²) in [4.78, 5) is 21.6. The summed E-state index contributed by atoms with van der Waals surface area (Å²) in [5.74, 6) is 0. The molecule has 0 spiro atoms. The Morgan fingerprint density at radius 3 is 1.11 bits per heavy atom. The average Bonchev–Trinajstić information content (AvgIpc) is 1.27. The van der Waals surface area contributed by atoms with Gasteiger partial charge in [-0.15, -0.1) is 0 Å². The normalized spacial score (nSPS) is 7.44. The van der Waals surface area contributed by atoms with Gasteiger partial charge in [0.15, 0.2) is 0 Å². The van der Waals surface area contributed by atoms with Gasteiger partial charge in [0, 0.05) is 17.1 Å². The Labute approximate surface area is 67.9 Å². The van der Waals surface area contributed by atoms with Crippen LogP contribution in [-0.4, -0.2) is 14.7 Å². The zero-order valence-electron chi connectivity index (χ0n) is 3.81. The summed E-state index contributed by atoms with van der Waals surface area (Å²) in [7, 11) is -4.64. The molecule has 0 unspecified atom stereocenters. The zero-order chi connectivity index (χ0) is 7.21. The molecule has 57 valence electrons. The van der Waals surface area contributed by atoms with Crippen molar-refractivity contribution < 1.29 is 59.8 Å². The molecule has 0 aromatic carbocycles. The maximum atomic E-state index is 8.88. The van der Waals surface area contributed by atoms with E-state index >= 15 is 0 Å². The first-order chi connectivity index (χ1) is 3.41. The molecule has 0 atom stereocenters. The summed E-state index contributed by atoms with van der Waals surface area (Å²) in [6, 6.07) is 0. The summed E-state index contributed by atoms with van der Waals surface area (Å²) < 4.78 is 25.8. The Hall–Kier alpha value is 0.814. The van der Waals surface area contributed by atoms with Crippen molar-refractivity contribution in [2.45, 2.75) is 0 Å². The van der Waals surface area contributed by atoms with Gasteiger partial charge in [0.1, 0.15) is 0 Å². The molecule has 0 bridgehead atoms. The van der Waals surface area contributed by atoms with Gasteiger partial charge in [0.05, 0.1) is 0 Å². The van der Waals surface area contributed by atoms with Gasteiger partial charge in [-0.25, -0.2) is 4.57 Å². The number of hydrogen-bond donors (Lipinski definition) is 3. The molecule has 3 N–H and O–H groups in total. The first-order valence-electron chi connectivity index (χ1n) is 1.15. The topological polar surface area (TPSA) is 112 Å². The van der Waals surface area contributed by atoms with Gasteiger partial charge >= 0.3 is 31.4 Å². The Balaban J connectivity index is -0.0000000800. The molecule has 0 fully saturated rings. The predicted octanol–water partition coefficient (Wildman–Crippen LogP) is -1.17. The van der Waals surface area contributed by atoms with Crippen LogP contribution in [0, 0.1) is 0 Å². The Morgan fingerprint density at radius 1 is 1.11 bits per heavy atom. The standard InChI is InChI=1S/Fe.H3O4P.2O.V/c;1-5(2,3)4;;;/h;(H3,1,2,3,4);;;. The molecular weight excluding hydrogens is 234 g/mol. The molecule has 0 heterocycles. The fourth-order valence-corrected chi connectivity index (χ4v) is 0. The van der Waals surface area contributed by atoms with Gasteiger partial charge < -0.3 is 14.7 Å². The Bertz CT molecular complexity index is 111. The molecule has 0 amide bonds. The molecule has 9 heteroatoms. The van der Waals surface area contributed by atoms with Crippen LogP contribution in [0.5, 0.6) is 0 Å². The summed E-state index contributed by atoms with van der Waals surface area (Å²) in [6.07, 6.45) is 0. The third kappa shape index (κ3) is 618. The molecule has 0 radical (unpaired) electrons. The maximum absolute atomic E-state index is 8.88. The second kappa shape index (κ2) is 8.81. The van der Waals surface area contributed by atoms with Crippen LogP contribution in [0.25, 0.3) is 0 Å². The van der Waals surface area contributed by atoms with Crippen LogP contribution in [0.4, 0.5) is 0 Å². The van der Waals surface area contributed by atoms with Crippen LogP contribution >= 0.6 is 7.82 Å². The van der Waals surface area contributed by atoms with Crippen LogP contribution in [0.2, 0.25) is 0 Å². The van der Waals surface area contributed by atoms with Crippen molar-refractivity contribution in [3.05, 3.63) is 0 Å². The minimum absolute atomic E-state index is 0. The van der Waals surface area contributed by atoms with Crippen molar-refractivity contribution in [3.63, 3.8) is 0 Å². The van der Waals surface area contributed by atoms with Crippen molar-refractivity contribution in [3.8, 4) is 0 Å². The minimum atomic E-state index is -4.64. The monoisotopic (exact) mass is 237 g/mol. The molecule has 0 aliphatic rings. The Morgan fingerprint density at radius 2 is 1.11 bits per heavy atom. The van der Waals surface area contributed by atoms with Crippen molar-refractivity contribution in [2.75, 3.05) is 0 Å². The molecule has 9 heavy (non-hydrogen) atoms. The molecule has 0 aliphatic carbocycles. The van der Waals surface area contributed by atoms with Gasteiger partial charge in [0.25, 0.3) is 0 Å². The summed E-state index contributed by atoms with van der Waals surface area (Å²) in [5.41, 5.74) is 0. The quantitative estimate of drug-likeness (QED) is 0.361. The molecule has 0 saturated heterocycles. The fourth-order valence-electron chi connectivity index (χ4n) is 0. The second-order valence-electron chi connectivity index (χ2n) is 0.588. The van der Waals surface area contributed by atoms with Crippen LogP contribution in [0.1, 0.15) is 0 Å². The van der Waals surface area contributed by atoms with E-state index in [4.69, 9.17) is 26.6 Å². The third-order valence-corrected chi connectivity index (χ3v) is 0. The van der Waals surface area contributed by atoms with E-state index in [0.717, 1.165) is 0 Å². The molecule has 0 saturated carbocycles. The molecular formula is H3FeO6PV. The SMILES string of the molecule is O=P(O)(O)O.[Fe].[O]=[V]=[O]. The molecule has 0 aromatic heterocycles. The predicted molar refractivity (Wildman–Crippen MR) is 15.6 cm³/mol. The Kier molecular flexibility index (Phi) is 16.1. The van der Waals surface area contributed by atoms with Gasteiger partial charge in [0.2, 0.25) is 0 Å². The van der Waals surface area contributed by atoms with E-state index in [0.29, 0.717) is 0 Å². The van der Waals surface area contributed by atoms with Gasteiger partial charge in [-0.2, -0.15) is 0 Å². The first kappa shape index (κ1) is 16.4. The van der Waals surface area contributed by atoms with E-state index in [2.05, 4.69) is 0 Å². The molecule has 0 aromatic rings. The van der Waals surface area contributed by atoms with E-state index in [1.165, 1.54) is 0 Å². The van der Waals surface area contributed by atoms with E-state index < -0.39 is 24.0 Å².